The van der Waals surface area contributed by atoms with Crippen LogP contribution in [0, 0.1) is 0 Å². The van der Waals surface area contributed by atoms with E-state index >= 15 is 0 Å². The first kappa shape index (κ1) is 17.6. The minimum absolute atomic E-state index is 0.154. The van der Waals surface area contributed by atoms with Gasteiger partial charge >= 0.3 is 14.3 Å². The van der Waals surface area contributed by atoms with E-state index in [1.165, 1.54) is 16.8 Å². The first-order valence-electron chi connectivity index (χ1n) is 8.41. The maximum absolute atomic E-state index is 11.8. The van der Waals surface area contributed by atoms with Crippen LogP contribution >= 0.6 is 8.60 Å². The van der Waals surface area contributed by atoms with Crippen molar-refractivity contribution < 1.29 is 18.3 Å². The molecule has 0 bridgehead atoms. The summed E-state index contributed by atoms with van der Waals surface area (Å²) in [5.74, 6) is 0. The van der Waals surface area contributed by atoms with Crippen molar-refractivity contribution in [1.82, 2.24) is 9.55 Å². The van der Waals surface area contributed by atoms with E-state index in [0.717, 1.165) is 17.5 Å². The van der Waals surface area contributed by atoms with Crippen LogP contribution in [0.5, 0.6) is 0 Å². The molecule has 2 aromatic rings. The van der Waals surface area contributed by atoms with Gasteiger partial charge in [0.05, 0.1) is 25.9 Å². The first-order chi connectivity index (χ1) is 12.7. The summed E-state index contributed by atoms with van der Waals surface area (Å²) in [6.07, 6.45) is 2.32. The molecule has 3 heterocycles. The summed E-state index contributed by atoms with van der Waals surface area (Å²) < 4.78 is 24.4. The molecular formula is C17H19N2O6P. The molecule has 1 saturated heterocycles. The number of H-pyrrole nitrogens is 1. The molecule has 0 spiro atoms. The van der Waals surface area contributed by atoms with Crippen molar-refractivity contribution in [3.05, 3.63) is 68.5 Å². The van der Waals surface area contributed by atoms with Gasteiger partial charge in [-0.1, -0.05) is 24.3 Å². The number of aromatic amines is 1. The largest absolute Gasteiger partial charge is 0.352 e. The van der Waals surface area contributed by atoms with Gasteiger partial charge in [0.15, 0.2) is 0 Å². The van der Waals surface area contributed by atoms with E-state index in [2.05, 4.69) is 4.98 Å². The average molecular weight is 378 g/mol. The van der Waals surface area contributed by atoms with Gasteiger partial charge in [0.1, 0.15) is 6.23 Å². The van der Waals surface area contributed by atoms with E-state index < -0.39 is 26.1 Å². The predicted molar refractivity (Wildman–Crippen MR) is 93.4 cm³/mol. The van der Waals surface area contributed by atoms with Crippen LogP contribution in [0.1, 0.15) is 30.2 Å². The van der Waals surface area contributed by atoms with Gasteiger partial charge < -0.3 is 18.3 Å². The van der Waals surface area contributed by atoms with E-state index in [9.17, 15) is 9.59 Å². The Balaban J connectivity index is 1.30. The Morgan fingerprint density at radius 1 is 1.12 bits per heavy atom. The van der Waals surface area contributed by atoms with Crippen molar-refractivity contribution in [3.8, 4) is 0 Å². The van der Waals surface area contributed by atoms with Gasteiger partial charge in [-0.05, 0) is 24.0 Å². The molecule has 2 unspecified atom stereocenters. The van der Waals surface area contributed by atoms with Crippen LogP contribution in [0.2, 0.25) is 0 Å². The van der Waals surface area contributed by atoms with Crippen LogP contribution in [0.4, 0.5) is 0 Å². The Labute approximate surface area is 150 Å². The zero-order valence-corrected chi connectivity index (χ0v) is 14.9. The van der Waals surface area contributed by atoms with Crippen LogP contribution in [0.15, 0.2) is 46.1 Å². The third-order valence-corrected chi connectivity index (χ3v) is 5.42. The van der Waals surface area contributed by atoms with Gasteiger partial charge in [-0.25, -0.2) is 4.79 Å². The fourth-order valence-electron chi connectivity index (χ4n) is 3.01. The Kier molecular flexibility index (Phi) is 5.28. The minimum Gasteiger partial charge on any atom is -0.352 e. The van der Waals surface area contributed by atoms with Crippen LogP contribution in [0.3, 0.4) is 0 Å². The average Bonchev–Trinajstić information content (AvgIpc) is 3.00. The van der Waals surface area contributed by atoms with E-state index in [1.807, 2.05) is 24.3 Å². The molecule has 2 aliphatic heterocycles. The van der Waals surface area contributed by atoms with Crippen LogP contribution in [-0.2, 0) is 31.5 Å². The molecule has 1 aromatic heterocycles. The molecule has 26 heavy (non-hydrogen) atoms. The quantitative estimate of drug-likeness (QED) is 0.821. The smallest absolute Gasteiger partial charge is 0.333 e. The number of benzene rings is 1. The SMILES string of the molecule is O=c1ccn(C2CCC(COP3OCc4ccccc4CO3)O2)c(=O)[nH]1. The molecule has 2 aliphatic rings. The second-order valence-electron chi connectivity index (χ2n) is 6.14. The third-order valence-electron chi connectivity index (χ3n) is 4.38. The van der Waals surface area contributed by atoms with Gasteiger partial charge in [-0.15, -0.1) is 0 Å². The Morgan fingerprint density at radius 3 is 2.54 bits per heavy atom. The van der Waals surface area contributed by atoms with Crippen molar-refractivity contribution in [3.63, 3.8) is 0 Å². The van der Waals surface area contributed by atoms with Gasteiger partial charge in [0.2, 0.25) is 0 Å². The predicted octanol–water partition coefficient (Wildman–Crippen LogP) is 2.20. The molecule has 0 saturated carbocycles. The molecule has 9 heteroatoms. The highest BCUT2D eigenvalue weighted by Gasteiger charge is 2.29. The molecule has 138 valence electrons. The Bertz CT molecular complexity index is 855. The maximum Gasteiger partial charge on any atom is 0.333 e. The number of ether oxygens (including phenoxy) is 1. The molecule has 1 aromatic carbocycles. The summed E-state index contributed by atoms with van der Waals surface area (Å²) in [6, 6.07) is 9.29. The van der Waals surface area contributed by atoms with E-state index in [0.29, 0.717) is 26.2 Å². The van der Waals surface area contributed by atoms with Crippen molar-refractivity contribution >= 4 is 8.60 Å². The number of aromatic nitrogens is 2. The van der Waals surface area contributed by atoms with Crippen molar-refractivity contribution in [2.24, 2.45) is 0 Å². The monoisotopic (exact) mass is 378 g/mol. The highest BCUT2D eigenvalue weighted by molar-refractivity contribution is 7.41. The van der Waals surface area contributed by atoms with Crippen LogP contribution < -0.4 is 11.2 Å². The normalized spacial score (nSPS) is 23.5. The van der Waals surface area contributed by atoms with E-state index in [4.69, 9.17) is 18.3 Å². The van der Waals surface area contributed by atoms with Gasteiger partial charge in [-0.3, -0.25) is 14.3 Å². The number of hydrogen-bond donors (Lipinski definition) is 1. The lowest BCUT2D eigenvalue weighted by Gasteiger charge is -2.18. The fourth-order valence-corrected chi connectivity index (χ4v) is 4.01. The van der Waals surface area contributed by atoms with Crippen molar-refractivity contribution in [1.29, 1.82) is 0 Å². The Hall–Kier alpha value is -1.83. The summed E-state index contributed by atoms with van der Waals surface area (Å²) in [5.41, 5.74) is 1.32. The first-order valence-corrected chi connectivity index (χ1v) is 9.51. The zero-order valence-electron chi connectivity index (χ0n) is 14.0. The lowest BCUT2D eigenvalue weighted by molar-refractivity contribution is -0.0240. The number of hydrogen-bond acceptors (Lipinski definition) is 6. The maximum atomic E-state index is 11.8. The molecular weight excluding hydrogens is 359 g/mol. The van der Waals surface area contributed by atoms with E-state index in [-0.39, 0.29) is 6.10 Å². The minimum atomic E-state index is -1.44. The number of nitrogens with one attached hydrogen (secondary N) is 1. The van der Waals surface area contributed by atoms with Crippen LogP contribution in [-0.4, -0.2) is 22.3 Å². The van der Waals surface area contributed by atoms with Crippen molar-refractivity contribution in [2.45, 2.75) is 38.4 Å². The summed E-state index contributed by atoms with van der Waals surface area (Å²) in [4.78, 5) is 25.2. The number of nitrogens with zero attached hydrogens (tertiary/aromatic N) is 1. The second-order valence-corrected chi connectivity index (χ2v) is 7.36. The topological polar surface area (TPSA) is 91.8 Å². The van der Waals surface area contributed by atoms with E-state index in [1.54, 1.807) is 0 Å². The summed E-state index contributed by atoms with van der Waals surface area (Å²) >= 11 is 0. The lowest BCUT2D eigenvalue weighted by atomic mass is 10.1. The van der Waals surface area contributed by atoms with Gasteiger partial charge in [-0.2, -0.15) is 0 Å². The molecule has 0 radical (unpaired) electrons. The number of rotatable bonds is 4. The third kappa shape index (κ3) is 3.95. The second kappa shape index (κ2) is 7.82. The molecule has 1 N–H and O–H groups in total. The van der Waals surface area contributed by atoms with Crippen LogP contribution in [0.25, 0.3) is 0 Å². The molecule has 8 nitrogen and oxygen atoms in total. The lowest BCUT2D eigenvalue weighted by Crippen LogP contribution is -2.31. The van der Waals surface area contributed by atoms with Crippen molar-refractivity contribution in [2.75, 3.05) is 6.61 Å². The summed E-state index contributed by atoms with van der Waals surface area (Å²) in [5, 5.41) is 0. The molecule has 1 fully saturated rings. The standard InChI is InChI=1S/C17H19N2O6P/c20-15-7-8-19(17(21)18-15)16-6-5-14(25-16)11-24-26-22-9-12-3-1-2-4-13(12)10-23-26/h1-4,7-8,14,16H,5-6,9-11H2,(H,18,20,21). The fraction of sp³-hybridized carbons (Fsp3) is 0.412. The van der Waals surface area contributed by atoms with Gasteiger partial charge in [0, 0.05) is 12.3 Å². The molecule has 4 rings (SSSR count). The summed E-state index contributed by atoms with van der Waals surface area (Å²) in [7, 11) is -1.44. The molecule has 0 aliphatic carbocycles. The summed E-state index contributed by atoms with van der Waals surface area (Å²) in [6.45, 7) is 1.25. The highest BCUT2D eigenvalue weighted by atomic mass is 31.2. The Morgan fingerprint density at radius 2 is 1.85 bits per heavy atom. The highest BCUT2D eigenvalue weighted by Crippen LogP contribution is 2.45. The molecule has 0 amide bonds. The number of fused-ring (bicyclic) bond motifs is 1. The van der Waals surface area contributed by atoms with Gasteiger partial charge in [0.25, 0.3) is 5.56 Å². The molecule has 2 atom stereocenters. The zero-order chi connectivity index (χ0) is 17.9.